The molecule has 1 N–H and O–H groups in total. The highest BCUT2D eigenvalue weighted by Crippen LogP contribution is 2.36. The fourth-order valence-electron chi connectivity index (χ4n) is 2.93. The number of anilines is 2. The number of rotatable bonds is 5. The van der Waals surface area contributed by atoms with Crippen LogP contribution in [-0.2, 0) is 4.79 Å². The van der Waals surface area contributed by atoms with E-state index in [0.29, 0.717) is 13.1 Å². The number of thiazole rings is 1. The van der Waals surface area contributed by atoms with Crippen LogP contribution in [0, 0.1) is 5.92 Å². The van der Waals surface area contributed by atoms with E-state index in [1.54, 1.807) is 25.6 Å². The first-order valence-electron chi connectivity index (χ1n) is 8.31. The number of carbonyl (C=O) groups excluding carboxylic acids is 1. The number of ether oxygens (including phenoxy) is 2. The lowest BCUT2D eigenvalue weighted by molar-refractivity contribution is -0.120. The summed E-state index contributed by atoms with van der Waals surface area (Å²) >= 11 is 1.62. The smallest absolute Gasteiger partial charge is 0.231 e. The number of carbonyl (C=O) groups is 1. The lowest BCUT2D eigenvalue weighted by atomic mass is 10.00. The maximum atomic E-state index is 12.4. The summed E-state index contributed by atoms with van der Waals surface area (Å²) in [5, 5.41) is 3.88. The van der Waals surface area contributed by atoms with E-state index in [0.717, 1.165) is 32.5 Å². The third kappa shape index (κ3) is 3.06. The van der Waals surface area contributed by atoms with Crippen molar-refractivity contribution in [1.82, 2.24) is 4.98 Å². The maximum absolute atomic E-state index is 12.4. The number of amides is 1. The number of nitrogens with one attached hydrogen (secondary N) is 1. The third-order valence-corrected chi connectivity index (χ3v) is 5.55. The van der Waals surface area contributed by atoms with Crippen molar-refractivity contribution in [3.05, 3.63) is 42.5 Å². The molecular formula is C19H19N3O3S. The SMILES string of the molecule is COc1ccc(NC(=O)C2CN(c3nc4c(OC)cccc4s3)C2)cc1. The van der Waals surface area contributed by atoms with Crippen molar-refractivity contribution in [2.45, 2.75) is 0 Å². The van der Waals surface area contributed by atoms with Gasteiger partial charge in [-0.15, -0.1) is 0 Å². The predicted molar refractivity (Wildman–Crippen MR) is 103 cm³/mol. The molecule has 0 unspecified atom stereocenters. The van der Waals surface area contributed by atoms with Crippen molar-refractivity contribution in [2.24, 2.45) is 5.92 Å². The van der Waals surface area contributed by atoms with Crippen LogP contribution in [-0.4, -0.2) is 38.2 Å². The molecule has 1 saturated heterocycles. The van der Waals surface area contributed by atoms with Crippen molar-refractivity contribution in [3.8, 4) is 11.5 Å². The van der Waals surface area contributed by atoms with Crippen LogP contribution < -0.4 is 19.7 Å². The van der Waals surface area contributed by atoms with E-state index in [4.69, 9.17) is 9.47 Å². The second-order valence-electron chi connectivity index (χ2n) is 6.12. The number of methoxy groups -OCH3 is 2. The molecule has 7 heteroatoms. The Bertz CT molecular complexity index is 933. The zero-order chi connectivity index (χ0) is 18.1. The van der Waals surface area contributed by atoms with E-state index in [1.165, 1.54) is 0 Å². The normalized spacial score (nSPS) is 14.2. The van der Waals surface area contributed by atoms with Gasteiger partial charge in [0, 0.05) is 18.8 Å². The molecule has 4 rings (SSSR count). The minimum atomic E-state index is -0.0361. The summed E-state index contributed by atoms with van der Waals surface area (Å²) in [6.45, 7) is 1.34. The molecule has 0 bridgehead atoms. The minimum Gasteiger partial charge on any atom is -0.497 e. The van der Waals surface area contributed by atoms with Gasteiger partial charge in [0.2, 0.25) is 5.91 Å². The largest absolute Gasteiger partial charge is 0.497 e. The molecule has 0 atom stereocenters. The van der Waals surface area contributed by atoms with Gasteiger partial charge in [-0.05, 0) is 36.4 Å². The summed E-state index contributed by atoms with van der Waals surface area (Å²) in [5.74, 6) is 1.54. The Labute approximate surface area is 155 Å². The molecule has 2 heterocycles. The second-order valence-corrected chi connectivity index (χ2v) is 7.13. The summed E-state index contributed by atoms with van der Waals surface area (Å²) < 4.78 is 11.6. The van der Waals surface area contributed by atoms with E-state index < -0.39 is 0 Å². The highest BCUT2D eigenvalue weighted by molar-refractivity contribution is 7.22. The van der Waals surface area contributed by atoms with E-state index in [9.17, 15) is 4.79 Å². The Balaban J connectivity index is 1.39. The molecule has 1 aliphatic heterocycles. The fourth-order valence-corrected chi connectivity index (χ4v) is 3.93. The van der Waals surface area contributed by atoms with Crippen LogP contribution in [0.1, 0.15) is 0 Å². The van der Waals surface area contributed by atoms with Crippen LogP contribution in [0.3, 0.4) is 0 Å². The van der Waals surface area contributed by atoms with Gasteiger partial charge in [0.15, 0.2) is 5.13 Å². The molecule has 1 amide bonds. The number of hydrogen-bond acceptors (Lipinski definition) is 6. The molecule has 0 radical (unpaired) electrons. The van der Waals surface area contributed by atoms with Gasteiger partial charge < -0.3 is 19.7 Å². The molecule has 6 nitrogen and oxygen atoms in total. The van der Waals surface area contributed by atoms with E-state index in [2.05, 4.69) is 15.2 Å². The van der Waals surface area contributed by atoms with Crippen LogP contribution in [0.2, 0.25) is 0 Å². The molecule has 1 aromatic heterocycles. The average molecular weight is 369 g/mol. The van der Waals surface area contributed by atoms with Crippen LogP contribution in [0.15, 0.2) is 42.5 Å². The van der Waals surface area contributed by atoms with Gasteiger partial charge in [0.25, 0.3) is 0 Å². The third-order valence-electron chi connectivity index (χ3n) is 4.47. The topological polar surface area (TPSA) is 63.7 Å². The van der Waals surface area contributed by atoms with Crippen LogP contribution >= 0.6 is 11.3 Å². The van der Waals surface area contributed by atoms with Crippen molar-refractivity contribution in [1.29, 1.82) is 0 Å². The Hall–Kier alpha value is -2.80. The number of nitrogens with zero attached hydrogens (tertiary/aromatic N) is 2. The zero-order valence-electron chi connectivity index (χ0n) is 14.6. The average Bonchev–Trinajstić information content (AvgIpc) is 3.04. The number of fused-ring (bicyclic) bond motifs is 1. The summed E-state index contributed by atoms with van der Waals surface area (Å²) in [4.78, 5) is 19.2. The van der Waals surface area contributed by atoms with Gasteiger partial charge in [-0.25, -0.2) is 4.98 Å². The van der Waals surface area contributed by atoms with Crippen LogP contribution in [0.4, 0.5) is 10.8 Å². The zero-order valence-corrected chi connectivity index (χ0v) is 15.4. The lowest BCUT2D eigenvalue weighted by Crippen LogP contribution is -2.52. The molecule has 26 heavy (non-hydrogen) atoms. The molecule has 2 aromatic carbocycles. The first-order chi connectivity index (χ1) is 12.7. The number of hydrogen-bond donors (Lipinski definition) is 1. The van der Waals surface area contributed by atoms with E-state index >= 15 is 0 Å². The summed E-state index contributed by atoms with van der Waals surface area (Å²) in [6, 6.07) is 13.2. The standard InChI is InChI=1S/C19H19N3O3S/c1-24-14-8-6-13(7-9-14)20-18(23)12-10-22(11-12)19-21-17-15(25-2)4-3-5-16(17)26-19/h3-9,12H,10-11H2,1-2H3,(H,20,23). The van der Waals surface area contributed by atoms with Crippen molar-refractivity contribution < 1.29 is 14.3 Å². The Kier molecular flexibility index (Phi) is 4.38. The molecule has 134 valence electrons. The van der Waals surface area contributed by atoms with Gasteiger partial charge in [0.05, 0.1) is 24.8 Å². The quantitative estimate of drug-likeness (QED) is 0.747. The predicted octanol–water partition coefficient (Wildman–Crippen LogP) is 3.39. The molecule has 0 saturated carbocycles. The Morgan fingerprint density at radius 3 is 2.62 bits per heavy atom. The van der Waals surface area contributed by atoms with Crippen molar-refractivity contribution >= 4 is 38.3 Å². The Morgan fingerprint density at radius 1 is 1.15 bits per heavy atom. The van der Waals surface area contributed by atoms with Crippen LogP contribution in [0.25, 0.3) is 10.2 Å². The number of para-hydroxylation sites is 1. The summed E-state index contributed by atoms with van der Waals surface area (Å²) in [7, 11) is 3.27. The number of benzene rings is 2. The minimum absolute atomic E-state index is 0.0325. The van der Waals surface area contributed by atoms with Crippen molar-refractivity contribution in [2.75, 3.05) is 37.5 Å². The first kappa shape index (κ1) is 16.7. The second kappa shape index (κ2) is 6.84. The van der Waals surface area contributed by atoms with Gasteiger partial charge in [-0.1, -0.05) is 17.4 Å². The van der Waals surface area contributed by atoms with E-state index in [1.807, 2.05) is 42.5 Å². The van der Waals surface area contributed by atoms with Gasteiger partial charge in [0.1, 0.15) is 17.0 Å². The molecule has 0 aliphatic carbocycles. The maximum Gasteiger partial charge on any atom is 0.231 e. The molecular weight excluding hydrogens is 350 g/mol. The monoisotopic (exact) mass is 369 g/mol. The highest BCUT2D eigenvalue weighted by atomic mass is 32.1. The van der Waals surface area contributed by atoms with Crippen LogP contribution in [0.5, 0.6) is 11.5 Å². The van der Waals surface area contributed by atoms with Crippen molar-refractivity contribution in [3.63, 3.8) is 0 Å². The van der Waals surface area contributed by atoms with E-state index in [-0.39, 0.29) is 11.8 Å². The summed E-state index contributed by atoms with van der Waals surface area (Å²) in [6.07, 6.45) is 0. The lowest BCUT2D eigenvalue weighted by Gasteiger charge is -2.37. The fraction of sp³-hybridized carbons (Fsp3) is 0.263. The highest BCUT2D eigenvalue weighted by Gasteiger charge is 2.34. The number of aromatic nitrogens is 1. The summed E-state index contributed by atoms with van der Waals surface area (Å²) in [5.41, 5.74) is 1.65. The molecule has 1 fully saturated rings. The first-order valence-corrected chi connectivity index (χ1v) is 9.13. The van der Waals surface area contributed by atoms with Gasteiger partial charge >= 0.3 is 0 Å². The molecule has 1 aliphatic rings. The molecule has 3 aromatic rings. The molecule has 0 spiro atoms. The Morgan fingerprint density at radius 2 is 1.92 bits per heavy atom. The van der Waals surface area contributed by atoms with Gasteiger partial charge in [-0.2, -0.15) is 0 Å². The van der Waals surface area contributed by atoms with Gasteiger partial charge in [-0.3, -0.25) is 4.79 Å².